The van der Waals surface area contributed by atoms with Gasteiger partial charge in [0, 0.05) is 5.41 Å². The quantitative estimate of drug-likeness (QED) is 0.748. The van der Waals surface area contributed by atoms with Crippen molar-refractivity contribution in [3.8, 4) is 0 Å². The van der Waals surface area contributed by atoms with Crippen molar-refractivity contribution in [2.75, 3.05) is 0 Å². The van der Waals surface area contributed by atoms with E-state index >= 15 is 0 Å². The maximum absolute atomic E-state index is 11.3. The SMILES string of the molecule is C[C@@H]1CCC=C(C=O)[C@@]12CC[C@@H](C(C)(C)O)C2. The molecule has 1 spiro atoms. The first-order valence-electron chi connectivity index (χ1n) is 6.78. The lowest BCUT2D eigenvalue weighted by molar-refractivity contribution is -0.106. The number of rotatable bonds is 2. The second kappa shape index (κ2) is 4.24. The minimum atomic E-state index is -0.616. The van der Waals surface area contributed by atoms with E-state index in [1.165, 1.54) is 6.42 Å². The van der Waals surface area contributed by atoms with Crippen LogP contribution in [0.5, 0.6) is 0 Å². The lowest BCUT2D eigenvalue weighted by Gasteiger charge is -2.40. The molecule has 3 atom stereocenters. The summed E-state index contributed by atoms with van der Waals surface area (Å²) in [5, 5.41) is 10.2. The Morgan fingerprint density at radius 2 is 2.18 bits per heavy atom. The normalized spacial score (nSPS) is 38.2. The monoisotopic (exact) mass is 236 g/mol. The summed E-state index contributed by atoms with van der Waals surface area (Å²) in [6.45, 7) is 6.06. The molecule has 0 aromatic heterocycles. The molecule has 2 aliphatic rings. The summed E-state index contributed by atoms with van der Waals surface area (Å²) in [4.78, 5) is 11.3. The van der Waals surface area contributed by atoms with E-state index in [2.05, 4.69) is 13.0 Å². The molecule has 0 bridgehead atoms. The van der Waals surface area contributed by atoms with Crippen molar-refractivity contribution < 1.29 is 9.90 Å². The van der Waals surface area contributed by atoms with Crippen LogP contribution in [0.25, 0.3) is 0 Å². The number of aliphatic hydroxyl groups is 1. The van der Waals surface area contributed by atoms with Crippen molar-refractivity contribution in [1.82, 2.24) is 0 Å². The number of allylic oxidation sites excluding steroid dienone is 2. The zero-order valence-electron chi connectivity index (χ0n) is 11.2. The Hall–Kier alpha value is -0.630. The first-order valence-corrected chi connectivity index (χ1v) is 6.78. The zero-order valence-corrected chi connectivity index (χ0v) is 11.2. The summed E-state index contributed by atoms with van der Waals surface area (Å²) >= 11 is 0. The molecule has 1 saturated carbocycles. The summed E-state index contributed by atoms with van der Waals surface area (Å²) in [5.41, 5.74) is 0.447. The number of hydrogen-bond donors (Lipinski definition) is 1. The van der Waals surface area contributed by atoms with E-state index < -0.39 is 5.60 Å². The van der Waals surface area contributed by atoms with E-state index in [1.54, 1.807) is 0 Å². The van der Waals surface area contributed by atoms with Crippen molar-refractivity contribution in [2.45, 2.75) is 58.5 Å². The molecule has 2 aliphatic carbocycles. The fourth-order valence-corrected chi connectivity index (χ4v) is 3.81. The summed E-state index contributed by atoms with van der Waals surface area (Å²) < 4.78 is 0. The van der Waals surface area contributed by atoms with E-state index in [-0.39, 0.29) is 5.41 Å². The van der Waals surface area contributed by atoms with Gasteiger partial charge in [0.2, 0.25) is 0 Å². The molecule has 1 fully saturated rings. The number of carbonyl (C=O) groups is 1. The Morgan fingerprint density at radius 1 is 1.47 bits per heavy atom. The molecule has 2 heteroatoms. The topological polar surface area (TPSA) is 37.3 Å². The highest BCUT2D eigenvalue weighted by Gasteiger charge is 2.49. The van der Waals surface area contributed by atoms with E-state index in [1.807, 2.05) is 13.8 Å². The van der Waals surface area contributed by atoms with E-state index in [0.29, 0.717) is 11.8 Å². The molecule has 0 saturated heterocycles. The van der Waals surface area contributed by atoms with Crippen molar-refractivity contribution in [2.24, 2.45) is 17.3 Å². The lowest BCUT2D eigenvalue weighted by Crippen LogP contribution is -2.35. The van der Waals surface area contributed by atoms with Crippen LogP contribution in [0.4, 0.5) is 0 Å². The highest BCUT2D eigenvalue weighted by molar-refractivity contribution is 5.76. The van der Waals surface area contributed by atoms with Crippen LogP contribution >= 0.6 is 0 Å². The van der Waals surface area contributed by atoms with Crippen LogP contribution in [0.15, 0.2) is 11.6 Å². The van der Waals surface area contributed by atoms with Gasteiger partial charge in [0.15, 0.2) is 0 Å². The molecular formula is C15H24O2. The Kier molecular flexibility index (Phi) is 3.19. The predicted molar refractivity (Wildman–Crippen MR) is 68.6 cm³/mol. The molecule has 0 amide bonds. The third-order valence-corrected chi connectivity index (χ3v) is 5.16. The molecule has 96 valence electrons. The molecule has 1 N–H and O–H groups in total. The minimum Gasteiger partial charge on any atom is -0.390 e. The Balaban J connectivity index is 2.27. The Morgan fingerprint density at radius 3 is 2.71 bits per heavy atom. The maximum Gasteiger partial charge on any atom is 0.146 e. The smallest absolute Gasteiger partial charge is 0.146 e. The van der Waals surface area contributed by atoms with Crippen LogP contribution in [-0.4, -0.2) is 17.0 Å². The third-order valence-electron chi connectivity index (χ3n) is 5.16. The number of aldehydes is 1. The molecule has 17 heavy (non-hydrogen) atoms. The highest BCUT2D eigenvalue weighted by Crippen LogP contribution is 2.56. The van der Waals surface area contributed by atoms with Gasteiger partial charge in [-0.15, -0.1) is 0 Å². The average Bonchev–Trinajstić information content (AvgIpc) is 2.68. The molecule has 2 nitrogen and oxygen atoms in total. The largest absolute Gasteiger partial charge is 0.390 e. The van der Waals surface area contributed by atoms with Crippen molar-refractivity contribution in [1.29, 1.82) is 0 Å². The average molecular weight is 236 g/mol. The van der Waals surface area contributed by atoms with Crippen LogP contribution in [0.2, 0.25) is 0 Å². The maximum atomic E-state index is 11.3. The molecule has 2 rings (SSSR count). The number of hydrogen-bond acceptors (Lipinski definition) is 2. The molecular weight excluding hydrogens is 212 g/mol. The van der Waals surface area contributed by atoms with Gasteiger partial charge in [-0.25, -0.2) is 0 Å². The van der Waals surface area contributed by atoms with Gasteiger partial charge in [-0.1, -0.05) is 13.0 Å². The van der Waals surface area contributed by atoms with E-state index in [0.717, 1.165) is 37.5 Å². The van der Waals surface area contributed by atoms with Crippen molar-refractivity contribution >= 4 is 6.29 Å². The van der Waals surface area contributed by atoms with Gasteiger partial charge in [-0.05, 0) is 63.4 Å². The van der Waals surface area contributed by atoms with Gasteiger partial charge >= 0.3 is 0 Å². The van der Waals surface area contributed by atoms with Crippen molar-refractivity contribution in [3.05, 3.63) is 11.6 Å². The van der Waals surface area contributed by atoms with Gasteiger partial charge in [-0.3, -0.25) is 4.79 Å². The van der Waals surface area contributed by atoms with E-state index in [4.69, 9.17) is 0 Å². The van der Waals surface area contributed by atoms with Gasteiger partial charge in [-0.2, -0.15) is 0 Å². The fraction of sp³-hybridized carbons (Fsp3) is 0.800. The van der Waals surface area contributed by atoms with Crippen LogP contribution in [0.3, 0.4) is 0 Å². The van der Waals surface area contributed by atoms with Crippen LogP contribution < -0.4 is 0 Å². The molecule has 0 radical (unpaired) electrons. The van der Waals surface area contributed by atoms with Crippen LogP contribution in [0.1, 0.15) is 52.9 Å². The standard InChI is InChI=1S/C15H24O2/c1-11-5-4-6-13(10-16)15(11)8-7-12(9-15)14(2,3)17/h6,10-12,17H,4-5,7-9H2,1-3H3/t11-,12-,15-/m1/s1. The predicted octanol–water partition coefficient (Wildman–Crippen LogP) is 3.10. The van der Waals surface area contributed by atoms with Crippen LogP contribution in [-0.2, 0) is 4.79 Å². The molecule has 0 unspecified atom stereocenters. The minimum absolute atomic E-state index is 0.0602. The van der Waals surface area contributed by atoms with Crippen LogP contribution in [0, 0.1) is 17.3 Å². The summed E-state index contributed by atoms with van der Waals surface area (Å²) in [6.07, 6.45) is 8.47. The van der Waals surface area contributed by atoms with Gasteiger partial charge in [0.25, 0.3) is 0 Å². The first-order chi connectivity index (χ1) is 7.90. The molecule has 0 aromatic carbocycles. The fourth-order valence-electron chi connectivity index (χ4n) is 3.81. The molecule has 0 aliphatic heterocycles. The lowest BCUT2D eigenvalue weighted by atomic mass is 9.64. The second-order valence-electron chi connectivity index (χ2n) is 6.51. The first kappa shape index (κ1) is 12.8. The van der Waals surface area contributed by atoms with Crippen molar-refractivity contribution in [3.63, 3.8) is 0 Å². The van der Waals surface area contributed by atoms with Gasteiger partial charge in [0.1, 0.15) is 6.29 Å². The Bertz CT molecular complexity index is 337. The Labute approximate surface area is 104 Å². The third kappa shape index (κ3) is 2.08. The summed E-state index contributed by atoms with van der Waals surface area (Å²) in [5.74, 6) is 0.895. The molecule has 0 aromatic rings. The molecule has 0 heterocycles. The summed E-state index contributed by atoms with van der Waals surface area (Å²) in [6, 6.07) is 0. The second-order valence-corrected chi connectivity index (χ2v) is 6.51. The number of carbonyl (C=O) groups excluding carboxylic acids is 1. The van der Waals surface area contributed by atoms with E-state index in [9.17, 15) is 9.90 Å². The van der Waals surface area contributed by atoms with Gasteiger partial charge in [0.05, 0.1) is 5.60 Å². The highest BCUT2D eigenvalue weighted by atomic mass is 16.3. The van der Waals surface area contributed by atoms with Gasteiger partial charge < -0.3 is 5.11 Å². The summed E-state index contributed by atoms with van der Waals surface area (Å²) in [7, 11) is 0. The zero-order chi connectivity index (χ0) is 12.7.